The van der Waals surface area contributed by atoms with Crippen molar-refractivity contribution in [3.63, 3.8) is 0 Å². The van der Waals surface area contributed by atoms with Gasteiger partial charge in [-0.2, -0.15) is 12.6 Å². The Bertz CT molecular complexity index is 448. The van der Waals surface area contributed by atoms with Crippen molar-refractivity contribution in [1.82, 2.24) is 16.0 Å². The number of carboxylic acid groups (broad SMARTS) is 1. The van der Waals surface area contributed by atoms with E-state index < -0.39 is 35.8 Å². The Balaban J connectivity index is 4.70. The summed E-state index contributed by atoms with van der Waals surface area (Å²) in [6, 6.07) is -2.09. The van der Waals surface area contributed by atoms with Crippen LogP contribution in [0.5, 0.6) is 0 Å². The smallest absolute Gasteiger partial charge is 0.327 e. The molecule has 138 valence electrons. The first-order valence-corrected chi connectivity index (χ1v) is 8.09. The van der Waals surface area contributed by atoms with Crippen molar-refractivity contribution in [3.05, 3.63) is 0 Å². The lowest BCUT2D eigenvalue weighted by molar-refractivity contribution is -0.141. The first-order chi connectivity index (χ1) is 11.3. The second kappa shape index (κ2) is 12.6. The van der Waals surface area contributed by atoms with Crippen LogP contribution in [0.15, 0.2) is 0 Å². The van der Waals surface area contributed by atoms with Gasteiger partial charge in [-0.25, -0.2) is 4.79 Å². The van der Waals surface area contributed by atoms with E-state index in [9.17, 15) is 19.2 Å². The van der Waals surface area contributed by atoms with Crippen molar-refractivity contribution in [3.8, 4) is 0 Å². The average Bonchev–Trinajstić information content (AvgIpc) is 2.56. The van der Waals surface area contributed by atoms with Gasteiger partial charge in [0.2, 0.25) is 17.7 Å². The molecular formula is C13H25N5O5S. The van der Waals surface area contributed by atoms with Gasteiger partial charge in [-0.1, -0.05) is 0 Å². The van der Waals surface area contributed by atoms with E-state index in [1.807, 2.05) is 0 Å². The highest BCUT2D eigenvalue weighted by Gasteiger charge is 2.25. The van der Waals surface area contributed by atoms with E-state index in [2.05, 4.69) is 28.6 Å². The van der Waals surface area contributed by atoms with Crippen molar-refractivity contribution >= 4 is 36.3 Å². The molecule has 0 fully saturated rings. The molecule has 2 atom stereocenters. The van der Waals surface area contributed by atoms with Crippen LogP contribution in [0.3, 0.4) is 0 Å². The highest BCUT2D eigenvalue weighted by Crippen LogP contribution is 2.02. The standard InChI is InChI=1S/C13H25N5O5S/c14-4-2-1-3-8(12(21)18-9(7-24)13(22)23)17-11(20)6-16-10(19)5-15/h8-9,24H,1-7,14-15H2,(H,16,19)(H,17,20)(H,18,21)(H,22,23). The molecule has 0 aromatic rings. The minimum atomic E-state index is -1.22. The number of unbranched alkanes of at least 4 members (excludes halogenated alkanes) is 1. The molecule has 0 aromatic carbocycles. The van der Waals surface area contributed by atoms with Crippen LogP contribution in [0.1, 0.15) is 19.3 Å². The van der Waals surface area contributed by atoms with Gasteiger partial charge in [-0.05, 0) is 25.8 Å². The number of hydrogen-bond acceptors (Lipinski definition) is 7. The quantitative estimate of drug-likeness (QED) is 0.144. The highest BCUT2D eigenvalue weighted by atomic mass is 32.1. The lowest BCUT2D eigenvalue weighted by atomic mass is 10.1. The topological polar surface area (TPSA) is 177 Å². The first-order valence-electron chi connectivity index (χ1n) is 7.45. The summed E-state index contributed by atoms with van der Waals surface area (Å²) in [4.78, 5) is 46.0. The summed E-state index contributed by atoms with van der Waals surface area (Å²) in [5.41, 5.74) is 10.5. The predicted molar refractivity (Wildman–Crippen MR) is 90.3 cm³/mol. The molecule has 0 heterocycles. The van der Waals surface area contributed by atoms with Gasteiger partial charge in [-0.15, -0.1) is 0 Å². The number of carbonyl (C=O) groups is 4. The van der Waals surface area contributed by atoms with E-state index >= 15 is 0 Å². The summed E-state index contributed by atoms with van der Waals surface area (Å²) < 4.78 is 0. The molecule has 0 aliphatic rings. The van der Waals surface area contributed by atoms with E-state index in [0.29, 0.717) is 25.8 Å². The summed E-state index contributed by atoms with van der Waals surface area (Å²) in [5.74, 6) is -3.03. The Morgan fingerprint density at radius 1 is 1.00 bits per heavy atom. The number of amides is 3. The zero-order chi connectivity index (χ0) is 18.5. The summed E-state index contributed by atoms with van der Waals surface area (Å²) in [7, 11) is 0. The number of thiol groups is 1. The van der Waals surface area contributed by atoms with Crippen LogP contribution in [-0.4, -0.2) is 66.3 Å². The maximum absolute atomic E-state index is 12.2. The normalized spacial score (nSPS) is 12.8. The number of nitrogens with one attached hydrogen (secondary N) is 3. The van der Waals surface area contributed by atoms with E-state index in [4.69, 9.17) is 16.6 Å². The Morgan fingerprint density at radius 3 is 2.17 bits per heavy atom. The largest absolute Gasteiger partial charge is 0.480 e. The molecule has 0 saturated heterocycles. The lowest BCUT2D eigenvalue weighted by Gasteiger charge is -2.21. The zero-order valence-corrected chi connectivity index (χ0v) is 14.2. The van der Waals surface area contributed by atoms with Crippen LogP contribution in [-0.2, 0) is 19.2 Å². The van der Waals surface area contributed by atoms with Crippen LogP contribution in [0.4, 0.5) is 0 Å². The average molecular weight is 363 g/mol. The van der Waals surface area contributed by atoms with E-state index in [1.165, 1.54) is 0 Å². The summed E-state index contributed by atoms with van der Waals surface area (Å²) >= 11 is 3.86. The molecule has 0 spiro atoms. The minimum Gasteiger partial charge on any atom is -0.480 e. The molecular weight excluding hydrogens is 338 g/mol. The number of hydrogen-bond donors (Lipinski definition) is 7. The third-order valence-electron chi connectivity index (χ3n) is 3.03. The Labute approximate surface area is 145 Å². The Kier molecular flexibility index (Phi) is 11.6. The van der Waals surface area contributed by atoms with Crippen LogP contribution < -0.4 is 27.4 Å². The molecule has 2 unspecified atom stereocenters. The van der Waals surface area contributed by atoms with Gasteiger partial charge in [0.1, 0.15) is 12.1 Å². The van der Waals surface area contributed by atoms with Crippen LogP contribution in [0.25, 0.3) is 0 Å². The molecule has 0 radical (unpaired) electrons. The Morgan fingerprint density at radius 2 is 1.67 bits per heavy atom. The highest BCUT2D eigenvalue weighted by molar-refractivity contribution is 7.80. The lowest BCUT2D eigenvalue weighted by Crippen LogP contribution is -2.53. The third-order valence-corrected chi connectivity index (χ3v) is 3.39. The molecule has 0 aliphatic heterocycles. The second-order valence-corrected chi connectivity index (χ2v) is 5.33. The van der Waals surface area contributed by atoms with Crippen LogP contribution >= 0.6 is 12.6 Å². The van der Waals surface area contributed by atoms with E-state index in [0.717, 1.165) is 0 Å². The van der Waals surface area contributed by atoms with Crippen molar-refractivity contribution in [1.29, 1.82) is 0 Å². The molecule has 0 aliphatic carbocycles. The van der Waals surface area contributed by atoms with Gasteiger partial charge in [0.15, 0.2) is 0 Å². The Hall–Kier alpha value is -1.85. The SMILES string of the molecule is NCCCCC(NC(=O)CNC(=O)CN)C(=O)NC(CS)C(=O)O. The number of carbonyl (C=O) groups excluding carboxylic acids is 3. The third kappa shape index (κ3) is 9.33. The van der Waals surface area contributed by atoms with Gasteiger partial charge in [-0.3, -0.25) is 14.4 Å². The number of aliphatic carboxylic acids is 1. The minimum absolute atomic E-state index is 0.0862. The molecule has 0 bridgehead atoms. The molecule has 0 rings (SSSR count). The molecule has 0 aromatic heterocycles. The number of rotatable bonds is 12. The molecule has 0 saturated carbocycles. The number of carboxylic acids is 1. The van der Waals surface area contributed by atoms with Crippen LogP contribution in [0.2, 0.25) is 0 Å². The van der Waals surface area contributed by atoms with Crippen molar-refractivity contribution in [2.75, 3.05) is 25.4 Å². The second-order valence-electron chi connectivity index (χ2n) is 4.97. The fraction of sp³-hybridized carbons (Fsp3) is 0.692. The van der Waals surface area contributed by atoms with Gasteiger partial charge in [0.05, 0.1) is 13.1 Å². The van der Waals surface area contributed by atoms with Crippen LogP contribution in [0, 0.1) is 0 Å². The summed E-state index contributed by atoms with van der Waals surface area (Å²) in [6.07, 6.45) is 1.51. The fourth-order valence-corrected chi connectivity index (χ4v) is 1.96. The van der Waals surface area contributed by atoms with Crippen molar-refractivity contribution in [2.24, 2.45) is 11.5 Å². The van der Waals surface area contributed by atoms with Crippen molar-refractivity contribution < 1.29 is 24.3 Å². The molecule has 3 amide bonds. The maximum atomic E-state index is 12.2. The first kappa shape index (κ1) is 22.1. The van der Waals surface area contributed by atoms with Gasteiger partial charge >= 0.3 is 5.97 Å². The molecule has 11 heteroatoms. The summed E-state index contributed by atoms with van der Waals surface area (Å²) in [6.45, 7) is -0.148. The maximum Gasteiger partial charge on any atom is 0.327 e. The molecule has 8 N–H and O–H groups in total. The van der Waals surface area contributed by atoms with Gasteiger partial charge < -0.3 is 32.5 Å². The molecule has 24 heavy (non-hydrogen) atoms. The van der Waals surface area contributed by atoms with Gasteiger partial charge in [0, 0.05) is 5.75 Å². The molecule has 10 nitrogen and oxygen atoms in total. The monoisotopic (exact) mass is 363 g/mol. The fourth-order valence-electron chi connectivity index (χ4n) is 1.72. The number of nitrogens with two attached hydrogens (primary N) is 2. The van der Waals surface area contributed by atoms with E-state index in [1.54, 1.807) is 0 Å². The van der Waals surface area contributed by atoms with Gasteiger partial charge in [0.25, 0.3) is 0 Å². The summed E-state index contributed by atoms with van der Waals surface area (Å²) in [5, 5.41) is 16.0. The predicted octanol–water partition coefficient (Wildman–Crippen LogP) is -2.83. The zero-order valence-electron chi connectivity index (χ0n) is 13.3. The van der Waals surface area contributed by atoms with E-state index in [-0.39, 0.29) is 18.8 Å². The van der Waals surface area contributed by atoms with Crippen molar-refractivity contribution in [2.45, 2.75) is 31.3 Å².